The standard InChI is InChI=1S/C23H24N6.3ClH/c1-15-3-2-4-16-10-22(26-13-21(15)16)20-9-17(11-27-23(20)24)18-12-28-29(14-18)19-5-7-25-8-6-19;;;/h2-4,9-14,19,25H,5-8H2,1H3,(H2,24,27);3*1H. The highest BCUT2D eigenvalue weighted by Gasteiger charge is 2.17. The van der Waals surface area contributed by atoms with Gasteiger partial charge in [-0.25, -0.2) is 4.98 Å². The molecule has 0 saturated carbocycles. The van der Waals surface area contributed by atoms with E-state index in [0.717, 1.165) is 59.1 Å². The second-order valence-electron chi connectivity index (χ2n) is 7.71. The first-order chi connectivity index (χ1) is 14.2. The van der Waals surface area contributed by atoms with Crippen molar-refractivity contribution in [1.29, 1.82) is 0 Å². The Balaban J connectivity index is 0.00000121. The van der Waals surface area contributed by atoms with Gasteiger partial charge in [0.25, 0.3) is 0 Å². The van der Waals surface area contributed by atoms with Crippen molar-refractivity contribution >= 4 is 53.8 Å². The monoisotopic (exact) mass is 492 g/mol. The zero-order chi connectivity index (χ0) is 19.8. The molecule has 5 rings (SSSR count). The Morgan fingerprint density at radius 3 is 2.53 bits per heavy atom. The van der Waals surface area contributed by atoms with Gasteiger partial charge in [0.15, 0.2) is 0 Å². The zero-order valence-electron chi connectivity index (χ0n) is 17.7. The summed E-state index contributed by atoms with van der Waals surface area (Å²) in [6.07, 6.45) is 9.97. The SMILES string of the molecule is Cc1cccc2cc(-c3cc(-c4cnn(C5CCNCC5)c4)cnc3N)ncc12.Cl.Cl.Cl. The summed E-state index contributed by atoms with van der Waals surface area (Å²) in [6.45, 7) is 4.18. The number of piperidine rings is 1. The van der Waals surface area contributed by atoms with Crippen molar-refractivity contribution < 1.29 is 0 Å². The van der Waals surface area contributed by atoms with Gasteiger partial charge < -0.3 is 11.1 Å². The van der Waals surface area contributed by atoms with Crippen LogP contribution in [0.25, 0.3) is 33.2 Å². The molecule has 0 aliphatic carbocycles. The van der Waals surface area contributed by atoms with Crippen molar-refractivity contribution in [2.24, 2.45) is 0 Å². The number of nitrogens with one attached hydrogen (secondary N) is 1. The van der Waals surface area contributed by atoms with Crippen LogP contribution >= 0.6 is 37.2 Å². The number of pyridine rings is 2. The molecule has 0 radical (unpaired) electrons. The summed E-state index contributed by atoms with van der Waals surface area (Å²) in [7, 11) is 0. The molecular weight excluding hydrogens is 467 g/mol. The number of benzene rings is 1. The third-order valence-corrected chi connectivity index (χ3v) is 5.79. The predicted molar refractivity (Wildman–Crippen MR) is 138 cm³/mol. The van der Waals surface area contributed by atoms with Gasteiger partial charge in [0, 0.05) is 40.7 Å². The number of hydrogen-bond donors (Lipinski definition) is 2. The number of nitrogens with two attached hydrogens (primary N) is 1. The summed E-state index contributed by atoms with van der Waals surface area (Å²) < 4.78 is 2.09. The maximum atomic E-state index is 6.22. The van der Waals surface area contributed by atoms with E-state index in [0.29, 0.717) is 11.9 Å². The molecule has 170 valence electrons. The van der Waals surface area contributed by atoms with Crippen molar-refractivity contribution in [3.8, 4) is 22.4 Å². The molecule has 0 spiro atoms. The van der Waals surface area contributed by atoms with Crippen LogP contribution in [-0.4, -0.2) is 32.8 Å². The quantitative estimate of drug-likeness (QED) is 0.408. The average molecular weight is 494 g/mol. The molecule has 0 bridgehead atoms. The number of fused-ring (bicyclic) bond motifs is 1. The smallest absolute Gasteiger partial charge is 0.132 e. The van der Waals surface area contributed by atoms with Crippen LogP contribution in [-0.2, 0) is 0 Å². The van der Waals surface area contributed by atoms with Crippen molar-refractivity contribution in [1.82, 2.24) is 25.1 Å². The molecule has 4 aromatic rings. The number of rotatable bonds is 3. The van der Waals surface area contributed by atoms with E-state index in [4.69, 9.17) is 5.73 Å². The summed E-state index contributed by atoms with van der Waals surface area (Å²) in [6, 6.07) is 10.9. The number of aryl methyl sites for hydroxylation is 1. The molecule has 6 nitrogen and oxygen atoms in total. The lowest BCUT2D eigenvalue weighted by molar-refractivity contribution is 0.343. The van der Waals surface area contributed by atoms with E-state index >= 15 is 0 Å². The fourth-order valence-corrected chi connectivity index (χ4v) is 4.07. The third kappa shape index (κ3) is 4.99. The van der Waals surface area contributed by atoms with Gasteiger partial charge in [0.05, 0.1) is 17.9 Å². The molecule has 0 atom stereocenters. The lowest BCUT2D eigenvalue weighted by Crippen LogP contribution is -2.29. The first-order valence-corrected chi connectivity index (χ1v) is 10.1. The van der Waals surface area contributed by atoms with Crippen LogP contribution in [0.5, 0.6) is 0 Å². The van der Waals surface area contributed by atoms with Gasteiger partial charge in [-0.2, -0.15) is 5.10 Å². The highest BCUT2D eigenvalue weighted by Crippen LogP contribution is 2.31. The van der Waals surface area contributed by atoms with Crippen LogP contribution in [0.4, 0.5) is 5.82 Å². The number of nitrogen functional groups attached to an aromatic ring is 1. The number of halogens is 3. The van der Waals surface area contributed by atoms with Crippen molar-refractivity contribution in [2.75, 3.05) is 18.8 Å². The highest BCUT2D eigenvalue weighted by molar-refractivity contribution is 5.89. The first-order valence-electron chi connectivity index (χ1n) is 10.1. The Kier molecular flexibility index (Phi) is 8.87. The van der Waals surface area contributed by atoms with E-state index < -0.39 is 0 Å². The molecule has 0 unspecified atom stereocenters. The molecule has 1 fully saturated rings. The second kappa shape index (κ2) is 11.0. The van der Waals surface area contributed by atoms with E-state index in [1.165, 1.54) is 5.56 Å². The number of aromatic nitrogens is 4. The van der Waals surface area contributed by atoms with Gasteiger partial charge in [-0.1, -0.05) is 18.2 Å². The molecule has 1 saturated heterocycles. The van der Waals surface area contributed by atoms with Gasteiger partial charge in [-0.3, -0.25) is 9.67 Å². The minimum atomic E-state index is 0. The average Bonchev–Trinajstić information content (AvgIpc) is 3.25. The summed E-state index contributed by atoms with van der Waals surface area (Å²) in [5.41, 5.74) is 11.2. The molecule has 0 amide bonds. The Morgan fingerprint density at radius 2 is 1.75 bits per heavy atom. The topological polar surface area (TPSA) is 81.7 Å². The lowest BCUT2D eigenvalue weighted by Gasteiger charge is -2.22. The van der Waals surface area contributed by atoms with Gasteiger partial charge >= 0.3 is 0 Å². The van der Waals surface area contributed by atoms with E-state index in [1.807, 2.05) is 18.6 Å². The maximum absolute atomic E-state index is 6.22. The van der Waals surface area contributed by atoms with E-state index in [-0.39, 0.29) is 37.2 Å². The molecule has 1 aromatic carbocycles. The molecule has 3 aromatic heterocycles. The summed E-state index contributed by atoms with van der Waals surface area (Å²) >= 11 is 0. The Morgan fingerprint density at radius 1 is 0.969 bits per heavy atom. The van der Waals surface area contributed by atoms with Crippen LogP contribution < -0.4 is 11.1 Å². The largest absolute Gasteiger partial charge is 0.383 e. The molecule has 32 heavy (non-hydrogen) atoms. The molecule has 1 aliphatic rings. The van der Waals surface area contributed by atoms with Crippen LogP contribution in [0.1, 0.15) is 24.4 Å². The predicted octanol–water partition coefficient (Wildman–Crippen LogP) is 5.24. The molecule has 4 heterocycles. The minimum absolute atomic E-state index is 0. The maximum Gasteiger partial charge on any atom is 0.132 e. The Labute approximate surface area is 206 Å². The fourth-order valence-electron chi connectivity index (χ4n) is 4.07. The zero-order valence-corrected chi connectivity index (χ0v) is 20.1. The molecular formula is C23H27Cl3N6. The van der Waals surface area contributed by atoms with Gasteiger partial charge in [-0.15, -0.1) is 37.2 Å². The third-order valence-electron chi connectivity index (χ3n) is 5.79. The normalized spacial score (nSPS) is 13.7. The van der Waals surface area contributed by atoms with Crippen LogP contribution in [0.15, 0.2) is 55.1 Å². The minimum Gasteiger partial charge on any atom is -0.383 e. The van der Waals surface area contributed by atoms with Crippen molar-refractivity contribution in [2.45, 2.75) is 25.8 Å². The number of hydrogen-bond acceptors (Lipinski definition) is 5. The molecule has 3 N–H and O–H groups in total. The van der Waals surface area contributed by atoms with Crippen LogP contribution in [0, 0.1) is 6.92 Å². The fraction of sp³-hybridized carbons (Fsp3) is 0.261. The van der Waals surface area contributed by atoms with Gasteiger partial charge in [-0.05, 0) is 55.9 Å². The number of anilines is 1. The first kappa shape index (κ1) is 25.9. The van der Waals surface area contributed by atoms with Gasteiger partial charge in [0.2, 0.25) is 0 Å². The van der Waals surface area contributed by atoms with Crippen molar-refractivity contribution in [3.05, 3.63) is 60.7 Å². The summed E-state index contributed by atoms with van der Waals surface area (Å²) in [4.78, 5) is 9.11. The summed E-state index contributed by atoms with van der Waals surface area (Å²) in [5.74, 6) is 0.485. The van der Waals surface area contributed by atoms with Crippen molar-refractivity contribution in [3.63, 3.8) is 0 Å². The Bertz CT molecular complexity index is 1190. The highest BCUT2D eigenvalue weighted by atomic mass is 35.5. The number of nitrogens with zero attached hydrogens (tertiary/aromatic N) is 4. The molecule has 1 aliphatic heterocycles. The van der Waals surface area contributed by atoms with E-state index in [9.17, 15) is 0 Å². The second-order valence-corrected chi connectivity index (χ2v) is 7.71. The van der Waals surface area contributed by atoms with Crippen LogP contribution in [0.3, 0.4) is 0 Å². The molecule has 9 heteroatoms. The Hall–Kier alpha value is -2.38. The lowest BCUT2D eigenvalue weighted by atomic mass is 10.0. The van der Waals surface area contributed by atoms with E-state index in [2.05, 4.69) is 68.5 Å². The van der Waals surface area contributed by atoms with E-state index in [1.54, 1.807) is 0 Å². The van der Waals surface area contributed by atoms with Crippen LogP contribution in [0.2, 0.25) is 0 Å². The summed E-state index contributed by atoms with van der Waals surface area (Å²) in [5, 5.41) is 10.3. The van der Waals surface area contributed by atoms with Gasteiger partial charge in [0.1, 0.15) is 5.82 Å².